The van der Waals surface area contributed by atoms with E-state index in [2.05, 4.69) is 10.6 Å². The van der Waals surface area contributed by atoms with Crippen molar-refractivity contribution in [2.24, 2.45) is 0 Å². The second-order valence-electron chi connectivity index (χ2n) is 2.75. The summed E-state index contributed by atoms with van der Waals surface area (Å²) in [5.74, 6) is 0. The fourth-order valence-electron chi connectivity index (χ4n) is 1.20. The van der Waals surface area contributed by atoms with E-state index in [0.29, 0.717) is 6.54 Å². The Morgan fingerprint density at radius 1 is 1.78 bits per heavy atom. The highest BCUT2D eigenvalue weighted by Gasteiger charge is 2.37. The number of halogens is 1. The maximum atomic E-state index is 13.2. The van der Waals surface area contributed by atoms with E-state index in [1.165, 1.54) is 0 Å². The van der Waals surface area contributed by atoms with Crippen LogP contribution in [0.2, 0.25) is 0 Å². The van der Waals surface area contributed by atoms with Gasteiger partial charge in [-0.3, -0.25) is 0 Å². The lowest BCUT2D eigenvalue weighted by Gasteiger charge is -2.20. The Bertz CT molecular complexity index is 103. The Morgan fingerprint density at radius 3 is 2.67 bits per heavy atom. The first-order chi connectivity index (χ1) is 4.17. The van der Waals surface area contributed by atoms with Crippen molar-refractivity contribution in [3.63, 3.8) is 0 Å². The predicted octanol–water partition coefficient (Wildman–Crippen LogP) is -0.0942. The maximum absolute atomic E-state index is 13.2. The average Bonchev–Trinajstić information content (AvgIpc) is 2.08. The topological polar surface area (TPSA) is 24.1 Å². The summed E-state index contributed by atoms with van der Waals surface area (Å²) >= 11 is 0. The molecule has 1 rings (SSSR count). The zero-order valence-corrected chi connectivity index (χ0v) is 5.87. The largest absolute Gasteiger partial charge is 0.313 e. The lowest BCUT2D eigenvalue weighted by molar-refractivity contribution is 0.177. The first-order valence-corrected chi connectivity index (χ1v) is 3.24. The molecule has 2 atom stereocenters. The molecule has 0 aromatic heterocycles. The Kier molecular flexibility index (Phi) is 1.73. The minimum absolute atomic E-state index is 0.0162. The molecule has 0 saturated carbocycles. The molecule has 1 saturated heterocycles. The van der Waals surface area contributed by atoms with E-state index in [1.54, 1.807) is 14.0 Å². The zero-order chi connectivity index (χ0) is 6.91. The summed E-state index contributed by atoms with van der Waals surface area (Å²) in [6.45, 7) is 2.83. The van der Waals surface area contributed by atoms with Gasteiger partial charge in [0, 0.05) is 13.1 Å². The van der Waals surface area contributed by atoms with Crippen molar-refractivity contribution in [1.82, 2.24) is 10.6 Å². The minimum atomic E-state index is -1.06. The van der Waals surface area contributed by atoms with Crippen LogP contribution in [0, 0.1) is 0 Å². The van der Waals surface area contributed by atoms with Crippen LogP contribution in [0.3, 0.4) is 0 Å². The molecule has 2 unspecified atom stereocenters. The van der Waals surface area contributed by atoms with Crippen LogP contribution in [0.1, 0.15) is 6.92 Å². The third kappa shape index (κ3) is 1.22. The normalized spacial score (nSPS) is 43.7. The Morgan fingerprint density at radius 2 is 2.44 bits per heavy atom. The molecular formula is C6H13FN2. The Balaban J connectivity index is 2.52. The molecule has 0 aliphatic carbocycles. The fraction of sp³-hybridized carbons (Fsp3) is 1.00. The summed E-state index contributed by atoms with van der Waals surface area (Å²) in [6, 6.07) is -0.0162. The second-order valence-corrected chi connectivity index (χ2v) is 2.75. The molecule has 0 aromatic rings. The monoisotopic (exact) mass is 132 g/mol. The van der Waals surface area contributed by atoms with E-state index >= 15 is 0 Å². The van der Waals surface area contributed by atoms with Crippen LogP contribution in [-0.2, 0) is 0 Å². The van der Waals surface area contributed by atoms with E-state index in [1.807, 2.05) is 0 Å². The third-order valence-electron chi connectivity index (χ3n) is 1.89. The van der Waals surface area contributed by atoms with Gasteiger partial charge in [-0.1, -0.05) is 0 Å². The second kappa shape index (κ2) is 2.23. The van der Waals surface area contributed by atoms with Gasteiger partial charge in [-0.05, 0) is 14.0 Å². The van der Waals surface area contributed by atoms with Crippen molar-refractivity contribution < 1.29 is 4.39 Å². The first kappa shape index (κ1) is 6.96. The number of likely N-dealkylation sites (N-methyl/N-ethyl adjacent to an activating group) is 1. The van der Waals surface area contributed by atoms with Gasteiger partial charge in [0.25, 0.3) is 0 Å². The average molecular weight is 132 g/mol. The molecule has 2 nitrogen and oxygen atoms in total. The molecule has 0 bridgehead atoms. The van der Waals surface area contributed by atoms with E-state index < -0.39 is 5.67 Å². The minimum Gasteiger partial charge on any atom is -0.313 e. The molecule has 1 fully saturated rings. The summed E-state index contributed by atoms with van der Waals surface area (Å²) in [5.41, 5.74) is -1.06. The summed E-state index contributed by atoms with van der Waals surface area (Å²) in [7, 11) is 1.79. The van der Waals surface area contributed by atoms with E-state index in [9.17, 15) is 4.39 Å². The van der Waals surface area contributed by atoms with Crippen molar-refractivity contribution >= 4 is 0 Å². The predicted molar refractivity (Wildman–Crippen MR) is 35.2 cm³/mol. The summed E-state index contributed by atoms with van der Waals surface area (Å²) in [4.78, 5) is 0. The number of rotatable bonds is 1. The van der Waals surface area contributed by atoms with Gasteiger partial charge in [-0.2, -0.15) is 0 Å². The lowest BCUT2D eigenvalue weighted by atomic mass is 10.0. The highest BCUT2D eigenvalue weighted by molar-refractivity contribution is 4.96. The molecule has 9 heavy (non-hydrogen) atoms. The van der Waals surface area contributed by atoms with Gasteiger partial charge in [0.1, 0.15) is 5.67 Å². The van der Waals surface area contributed by atoms with Crippen molar-refractivity contribution in [3.8, 4) is 0 Å². The summed E-state index contributed by atoms with van der Waals surface area (Å²) < 4.78 is 13.2. The fourth-order valence-corrected chi connectivity index (χ4v) is 1.20. The first-order valence-electron chi connectivity index (χ1n) is 3.24. The molecule has 0 radical (unpaired) electrons. The van der Waals surface area contributed by atoms with Gasteiger partial charge in [0.15, 0.2) is 0 Å². The summed E-state index contributed by atoms with van der Waals surface area (Å²) in [5, 5.41) is 5.89. The standard InChI is InChI=1S/C6H13FN2/c1-6(7)4-9-3-5(6)8-2/h5,8-9H,3-4H2,1-2H3. The Labute approximate surface area is 54.8 Å². The maximum Gasteiger partial charge on any atom is 0.137 e. The Hall–Kier alpha value is -0.150. The zero-order valence-electron chi connectivity index (χ0n) is 5.87. The van der Waals surface area contributed by atoms with Crippen LogP contribution in [0.4, 0.5) is 4.39 Å². The number of alkyl halides is 1. The lowest BCUT2D eigenvalue weighted by Crippen LogP contribution is -2.42. The molecule has 54 valence electrons. The van der Waals surface area contributed by atoms with E-state index in [0.717, 1.165) is 6.54 Å². The van der Waals surface area contributed by atoms with Crippen molar-refractivity contribution in [1.29, 1.82) is 0 Å². The van der Waals surface area contributed by atoms with Gasteiger partial charge in [0.05, 0.1) is 6.04 Å². The third-order valence-corrected chi connectivity index (χ3v) is 1.89. The molecule has 1 aliphatic heterocycles. The molecular weight excluding hydrogens is 119 g/mol. The van der Waals surface area contributed by atoms with Crippen LogP contribution in [0.25, 0.3) is 0 Å². The molecule has 0 amide bonds. The number of hydrogen-bond donors (Lipinski definition) is 2. The summed E-state index contributed by atoms with van der Waals surface area (Å²) in [6.07, 6.45) is 0. The van der Waals surface area contributed by atoms with Crippen molar-refractivity contribution in [3.05, 3.63) is 0 Å². The van der Waals surface area contributed by atoms with Crippen LogP contribution in [0.5, 0.6) is 0 Å². The van der Waals surface area contributed by atoms with Gasteiger partial charge < -0.3 is 10.6 Å². The molecule has 1 aliphatic rings. The molecule has 1 heterocycles. The van der Waals surface area contributed by atoms with Gasteiger partial charge in [-0.15, -0.1) is 0 Å². The van der Waals surface area contributed by atoms with Crippen LogP contribution in [0.15, 0.2) is 0 Å². The van der Waals surface area contributed by atoms with Gasteiger partial charge in [0.2, 0.25) is 0 Å². The molecule has 0 spiro atoms. The molecule has 3 heteroatoms. The SMILES string of the molecule is CNC1CNCC1(C)F. The highest BCUT2D eigenvalue weighted by Crippen LogP contribution is 2.18. The smallest absolute Gasteiger partial charge is 0.137 e. The molecule has 0 aromatic carbocycles. The van der Waals surface area contributed by atoms with Crippen LogP contribution >= 0.6 is 0 Å². The van der Waals surface area contributed by atoms with Crippen molar-refractivity contribution in [2.75, 3.05) is 20.1 Å². The van der Waals surface area contributed by atoms with Crippen molar-refractivity contribution in [2.45, 2.75) is 18.6 Å². The number of nitrogens with one attached hydrogen (secondary N) is 2. The van der Waals surface area contributed by atoms with E-state index in [-0.39, 0.29) is 6.04 Å². The van der Waals surface area contributed by atoms with E-state index in [4.69, 9.17) is 0 Å². The number of hydrogen-bond acceptors (Lipinski definition) is 2. The van der Waals surface area contributed by atoms with Gasteiger partial charge in [-0.25, -0.2) is 4.39 Å². The van der Waals surface area contributed by atoms with Gasteiger partial charge >= 0.3 is 0 Å². The quantitative estimate of drug-likeness (QED) is 0.521. The van der Waals surface area contributed by atoms with Crippen LogP contribution in [-0.4, -0.2) is 31.8 Å². The van der Waals surface area contributed by atoms with Crippen LogP contribution < -0.4 is 10.6 Å². The molecule has 2 N–H and O–H groups in total. The highest BCUT2D eigenvalue weighted by atomic mass is 19.1.